The Morgan fingerprint density at radius 1 is 1.65 bits per heavy atom. The molecule has 2 rings (SSSR count). The second kappa shape index (κ2) is 4.57. The maximum atomic E-state index is 11.6. The van der Waals surface area contributed by atoms with Crippen molar-refractivity contribution < 1.29 is 19.2 Å². The Bertz CT molecular complexity index is 436. The Balaban J connectivity index is 1.87. The second-order valence-electron chi connectivity index (χ2n) is 4.41. The lowest BCUT2D eigenvalue weighted by Crippen LogP contribution is -2.29. The number of aromatic carboxylic acids is 1. The van der Waals surface area contributed by atoms with Crippen molar-refractivity contribution in [3.05, 3.63) is 17.5 Å². The van der Waals surface area contributed by atoms with Crippen LogP contribution in [0.1, 0.15) is 40.8 Å². The lowest BCUT2D eigenvalue weighted by molar-refractivity contribution is 0.0651. The molecule has 0 aliphatic heterocycles. The second-order valence-corrected chi connectivity index (χ2v) is 4.41. The molecule has 6 nitrogen and oxygen atoms in total. The van der Waals surface area contributed by atoms with Crippen molar-refractivity contribution in [2.75, 3.05) is 6.54 Å². The number of carbonyl (C=O) groups is 2. The Labute approximate surface area is 98.0 Å². The van der Waals surface area contributed by atoms with Crippen molar-refractivity contribution in [3.63, 3.8) is 0 Å². The zero-order valence-corrected chi connectivity index (χ0v) is 9.47. The third-order valence-electron chi connectivity index (χ3n) is 2.96. The number of hydrogen-bond donors (Lipinski definition) is 2. The number of carbonyl (C=O) groups excluding carboxylic acids is 1. The van der Waals surface area contributed by atoms with Crippen LogP contribution >= 0.6 is 0 Å². The number of nitrogens with zero attached hydrogens (tertiary/aromatic N) is 1. The molecule has 1 aromatic heterocycles. The molecule has 0 spiro atoms. The topological polar surface area (TPSA) is 92.4 Å². The van der Waals surface area contributed by atoms with E-state index in [0.717, 1.165) is 6.07 Å². The van der Waals surface area contributed by atoms with E-state index >= 15 is 0 Å². The van der Waals surface area contributed by atoms with Crippen molar-refractivity contribution >= 4 is 11.9 Å². The summed E-state index contributed by atoms with van der Waals surface area (Å²) in [5.41, 5.74) is 0.00500. The highest BCUT2D eigenvalue weighted by atomic mass is 16.5. The highest BCUT2D eigenvalue weighted by Gasteiger charge is 2.28. The Hall–Kier alpha value is -1.85. The van der Waals surface area contributed by atoms with Crippen molar-refractivity contribution in [3.8, 4) is 0 Å². The fourth-order valence-electron chi connectivity index (χ4n) is 1.66. The lowest BCUT2D eigenvalue weighted by atomic mass is 10.1. The first-order valence-corrected chi connectivity index (χ1v) is 5.56. The van der Waals surface area contributed by atoms with Gasteiger partial charge in [0.15, 0.2) is 5.69 Å². The third kappa shape index (κ3) is 2.83. The van der Waals surface area contributed by atoms with Crippen LogP contribution in [-0.2, 0) is 0 Å². The molecule has 0 radical (unpaired) electrons. The van der Waals surface area contributed by atoms with E-state index < -0.39 is 11.9 Å². The van der Waals surface area contributed by atoms with Crippen molar-refractivity contribution in [2.24, 2.45) is 11.8 Å². The molecule has 1 atom stereocenters. The van der Waals surface area contributed by atoms with Gasteiger partial charge in [-0.15, -0.1) is 0 Å². The van der Waals surface area contributed by atoms with Crippen LogP contribution in [0.25, 0.3) is 0 Å². The van der Waals surface area contributed by atoms with Crippen LogP contribution < -0.4 is 5.32 Å². The van der Waals surface area contributed by atoms with Gasteiger partial charge in [-0.1, -0.05) is 12.1 Å². The largest absolute Gasteiger partial charge is 0.475 e. The fraction of sp³-hybridized carbons (Fsp3) is 0.545. The highest BCUT2D eigenvalue weighted by Crippen LogP contribution is 2.36. The number of carboxylic acid groups (broad SMARTS) is 1. The van der Waals surface area contributed by atoms with Gasteiger partial charge in [-0.05, 0) is 24.7 Å². The van der Waals surface area contributed by atoms with Crippen LogP contribution in [0.3, 0.4) is 0 Å². The minimum Gasteiger partial charge on any atom is -0.475 e. The molecule has 2 N–H and O–H groups in total. The number of amides is 1. The number of aromatic nitrogens is 1. The number of nitrogens with one attached hydrogen (secondary N) is 1. The third-order valence-corrected chi connectivity index (χ3v) is 2.96. The predicted octanol–water partition coefficient (Wildman–Crippen LogP) is 1.15. The normalized spacial score (nSPS) is 16.5. The SMILES string of the molecule is CC(CNC(=O)c1cc(C(=O)O)on1)C1CC1. The molecule has 1 unspecified atom stereocenters. The van der Waals surface area contributed by atoms with Gasteiger partial charge in [0.25, 0.3) is 5.91 Å². The van der Waals surface area contributed by atoms with E-state index in [9.17, 15) is 9.59 Å². The molecule has 6 heteroatoms. The molecule has 1 amide bonds. The number of hydrogen-bond acceptors (Lipinski definition) is 4. The summed E-state index contributed by atoms with van der Waals surface area (Å²) in [7, 11) is 0. The van der Waals surface area contributed by atoms with Crippen molar-refractivity contribution in [2.45, 2.75) is 19.8 Å². The van der Waals surface area contributed by atoms with Gasteiger partial charge in [0.1, 0.15) is 0 Å². The summed E-state index contributed by atoms with van der Waals surface area (Å²) in [6.07, 6.45) is 2.45. The van der Waals surface area contributed by atoms with Crippen LogP contribution in [0, 0.1) is 11.8 Å². The van der Waals surface area contributed by atoms with E-state index in [1.54, 1.807) is 0 Å². The van der Waals surface area contributed by atoms with Crippen LogP contribution in [0.15, 0.2) is 10.6 Å². The summed E-state index contributed by atoms with van der Waals surface area (Å²) in [5.74, 6) is -0.797. The zero-order valence-electron chi connectivity index (χ0n) is 9.47. The van der Waals surface area contributed by atoms with Gasteiger partial charge >= 0.3 is 5.97 Å². The standard InChI is InChI=1S/C11H14N2O4/c1-6(7-2-3-7)5-12-10(14)8-4-9(11(15)16)17-13-8/h4,6-7H,2-3,5H2,1H3,(H,12,14)(H,15,16). The zero-order chi connectivity index (χ0) is 12.4. The van der Waals surface area contributed by atoms with E-state index in [4.69, 9.17) is 5.11 Å². The van der Waals surface area contributed by atoms with Gasteiger partial charge < -0.3 is 14.9 Å². The minimum atomic E-state index is -1.23. The van der Waals surface area contributed by atoms with Crippen molar-refractivity contribution in [1.82, 2.24) is 10.5 Å². The first-order chi connectivity index (χ1) is 8.08. The Morgan fingerprint density at radius 2 is 2.35 bits per heavy atom. The van der Waals surface area contributed by atoms with E-state index in [0.29, 0.717) is 18.4 Å². The number of carboxylic acids is 1. The lowest BCUT2D eigenvalue weighted by Gasteiger charge is -2.09. The average Bonchev–Trinajstić information content (AvgIpc) is 3.02. The average molecular weight is 238 g/mol. The van der Waals surface area contributed by atoms with Gasteiger partial charge in [0.05, 0.1) is 0 Å². The van der Waals surface area contributed by atoms with Crippen LogP contribution in [0.2, 0.25) is 0 Å². The monoisotopic (exact) mass is 238 g/mol. The van der Waals surface area contributed by atoms with Gasteiger partial charge in [0.2, 0.25) is 5.76 Å². The summed E-state index contributed by atoms with van der Waals surface area (Å²) in [5, 5.41) is 14.7. The number of rotatable bonds is 5. The van der Waals surface area contributed by atoms with Crippen LogP contribution in [0.5, 0.6) is 0 Å². The highest BCUT2D eigenvalue weighted by molar-refractivity contribution is 5.94. The van der Waals surface area contributed by atoms with E-state index in [1.165, 1.54) is 12.8 Å². The quantitative estimate of drug-likeness (QED) is 0.802. The maximum absolute atomic E-state index is 11.6. The van der Waals surface area contributed by atoms with E-state index in [2.05, 4.69) is 21.9 Å². The molecular weight excluding hydrogens is 224 g/mol. The van der Waals surface area contributed by atoms with Gasteiger partial charge in [-0.2, -0.15) is 0 Å². The van der Waals surface area contributed by atoms with Crippen LogP contribution in [-0.4, -0.2) is 28.7 Å². The maximum Gasteiger partial charge on any atom is 0.374 e. The van der Waals surface area contributed by atoms with Gasteiger partial charge in [-0.3, -0.25) is 4.79 Å². The summed E-state index contributed by atoms with van der Waals surface area (Å²) in [4.78, 5) is 22.1. The molecule has 92 valence electrons. The summed E-state index contributed by atoms with van der Waals surface area (Å²) >= 11 is 0. The van der Waals surface area contributed by atoms with Gasteiger partial charge in [0, 0.05) is 12.6 Å². The minimum absolute atomic E-state index is 0.00500. The molecule has 0 bridgehead atoms. The molecule has 1 fully saturated rings. The molecule has 1 saturated carbocycles. The predicted molar refractivity (Wildman–Crippen MR) is 57.7 cm³/mol. The first kappa shape index (κ1) is 11.6. The molecule has 0 aromatic carbocycles. The summed E-state index contributed by atoms with van der Waals surface area (Å²) in [6, 6.07) is 1.12. The fourth-order valence-corrected chi connectivity index (χ4v) is 1.66. The molecule has 17 heavy (non-hydrogen) atoms. The summed E-state index contributed by atoms with van der Waals surface area (Å²) in [6.45, 7) is 2.67. The molecule has 0 saturated heterocycles. The Kier molecular flexibility index (Phi) is 3.12. The van der Waals surface area contributed by atoms with Crippen LogP contribution in [0.4, 0.5) is 0 Å². The molecule has 1 aliphatic carbocycles. The molecule has 1 aliphatic rings. The molecule has 1 heterocycles. The smallest absolute Gasteiger partial charge is 0.374 e. The van der Waals surface area contributed by atoms with Gasteiger partial charge in [-0.25, -0.2) is 4.79 Å². The van der Waals surface area contributed by atoms with Crippen molar-refractivity contribution in [1.29, 1.82) is 0 Å². The molecular formula is C11H14N2O4. The Morgan fingerprint density at radius 3 is 2.88 bits per heavy atom. The van der Waals surface area contributed by atoms with E-state index in [1.807, 2.05) is 0 Å². The first-order valence-electron chi connectivity index (χ1n) is 5.56. The van der Waals surface area contributed by atoms with E-state index in [-0.39, 0.29) is 11.5 Å². The molecule has 1 aromatic rings. The summed E-state index contributed by atoms with van der Waals surface area (Å²) < 4.78 is 4.50.